The van der Waals surface area contributed by atoms with Crippen LogP contribution in [0.3, 0.4) is 0 Å². The lowest BCUT2D eigenvalue weighted by molar-refractivity contribution is 0.0975. The number of aliphatic imine (C=N–C) groups is 1. The first-order valence-corrected chi connectivity index (χ1v) is 12.4. The molecule has 0 fully saturated rings. The van der Waals surface area contributed by atoms with Gasteiger partial charge in [-0.25, -0.2) is 4.98 Å². The van der Waals surface area contributed by atoms with Crippen LogP contribution in [0, 0.1) is 0 Å². The lowest BCUT2D eigenvalue weighted by atomic mass is 9.74. The molecule has 0 aliphatic rings. The average molecular weight is 480 g/mol. The molecule has 3 N–H and O–H groups in total. The zero-order chi connectivity index (χ0) is 25.1. The Bertz CT molecular complexity index is 1180. The first kappa shape index (κ1) is 24.9. The van der Waals surface area contributed by atoms with Gasteiger partial charge >= 0.3 is 0 Å². The highest BCUT2D eigenvalue weighted by Gasteiger charge is 2.28. The number of hydrogen-bond donors (Lipinski definition) is 3. The molecule has 0 unspecified atom stereocenters. The molecule has 0 aliphatic carbocycles. The molecule has 6 nitrogen and oxygen atoms in total. The third-order valence-corrected chi connectivity index (χ3v) is 6.42. The van der Waals surface area contributed by atoms with Gasteiger partial charge in [0.15, 0.2) is 5.96 Å². The molecule has 184 valence electrons. The summed E-state index contributed by atoms with van der Waals surface area (Å²) < 4.78 is 0. The van der Waals surface area contributed by atoms with Crippen LogP contribution in [0.25, 0.3) is 0 Å². The van der Waals surface area contributed by atoms with Gasteiger partial charge in [-0.05, 0) is 42.5 Å². The number of rotatable bonds is 10. The second-order valence-corrected chi connectivity index (χ2v) is 8.96. The van der Waals surface area contributed by atoms with Crippen molar-refractivity contribution in [1.29, 1.82) is 0 Å². The topological polar surface area (TPSA) is 82.2 Å². The first-order chi connectivity index (χ1) is 17.6. The molecule has 0 atom stereocenters. The number of H-pyrrole nitrogens is 1. The Labute approximate surface area is 212 Å². The van der Waals surface area contributed by atoms with Gasteiger partial charge in [-0.15, -0.1) is 0 Å². The number of amides is 1. The van der Waals surface area contributed by atoms with Crippen LogP contribution in [0.4, 0.5) is 0 Å². The van der Waals surface area contributed by atoms with E-state index in [4.69, 9.17) is 0 Å². The van der Waals surface area contributed by atoms with Gasteiger partial charge in [-0.3, -0.25) is 15.1 Å². The Hall–Kier alpha value is -4.19. The predicted molar refractivity (Wildman–Crippen MR) is 145 cm³/mol. The predicted octanol–water partition coefficient (Wildman–Crippen LogP) is 5.11. The normalized spacial score (nSPS) is 11.8. The van der Waals surface area contributed by atoms with E-state index >= 15 is 0 Å². The van der Waals surface area contributed by atoms with E-state index in [2.05, 4.69) is 81.0 Å². The number of nitrogens with zero attached hydrogens (tertiary/aromatic N) is 2. The third kappa shape index (κ3) is 6.69. The van der Waals surface area contributed by atoms with Crippen molar-refractivity contribution in [2.75, 3.05) is 13.1 Å². The van der Waals surface area contributed by atoms with Gasteiger partial charge in [0, 0.05) is 30.3 Å². The lowest BCUT2D eigenvalue weighted by Crippen LogP contribution is -2.43. The molecule has 0 bridgehead atoms. The van der Waals surface area contributed by atoms with Crippen molar-refractivity contribution in [2.24, 2.45) is 4.99 Å². The Morgan fingerprint density at radius 3 is 2.11 bits per heavy atom. The Balaban J connectivity index is 1.45. The summed E-state index contributed by atoms with van der Waals surface area (Å²) >= 11 is 0. The molecule has 4 aromatic rings. The Morgan fingerprint density at radius 1 is 0.917 bits per heavy atom. The van der Waals surface area contributed by atoms with Crippen molar-refractivity contribution in [3.8, 4) is 0 Å². The number of benzene rings is 3. The molecular weight excluding hydrogens is 446 g/mol. The minimum atomic E-state index is -0.190. The summed E-state index contributed by atoms with van der Waals surface area (Å²) in [4.78, 5) is 24.8. The smallest absolute Gasteiger partial charge is 0.257 e. The number of carbonyl (C=O) groups is 1. The molecule has 0 aliphatic heterocycles. The van der Waals surface area contributed by atoms with Crippen LogP contribution in [0.1, 0.15) is 46.9 Å². The molecule has 3 aromatic carbocycles. The molecular formula is C30H33N5O. The molecule has 0 saturated carbocycles. The number of aryl methyl sites for hydroxylation is 1. The SMILES string of the molecule is CC(CCNC(=NCCCc1c[nH]cn1)NC(=O)c1ccccc1)(c1ccccc1)c1ccccc1. The third-order valence-electron chi connectivity index (χ3n) is 6.42. The highest BCUT2D eigenvalue weighted by atomic mass is 16.1. The van der Waals surface area contributed by atoms with E-state index in [1.54, 1.807) is 18.5 Å². The van der Waals surface area contributed by atoms with E-state index in [1.807, 2.05) is 36.5 Å². The van der Waals surface area contributed by atoms with Crippen LogP contribution >= 0.6 is 0 Å². The highest BCUT2D eigenvalue weighted by molar-refractivity contribution is 6.05. The second kappa shape index (κ2) is 12.5. The van der Waals surface area contributed by atoms with Crippen LogP contribution in [-0.4, -0.2) is 34.9 Å². The van der Waals surface area contributed by atoms with Gasteiger partial charge in [-0.2, -0.15) is 0 Å². The molecule has 0 radical (unpaired) electrons. The average Bonchev–Trinajstić information content (AvgIpc) is 3.46. The fourth-order valence-corrected chi connectivity index (χ4v) is 4.29. The van der Waals surface area contributed by atoms with Crippen molar-refractivity contribution in [3.63, 3.8) is 0 Å². The number of aromatic amines is 1. The van der Waals surface area contributed by atoms with Gasteiger partial charge in [0.2, 0.25) is 0 Å². The van der Waals surface area contributed by atoms with Gasteiger partial charge in [-0.1, -0.05) is 85.8 Å². The number of guanidine groups is 1. The summed E-state index contributed by atoms with van der Waals surface area (Å²) in [6.45, 7) is 3.50. The fraction of sp³-hybridized carbons (Fsp3) is 0.233. The molecule has 0 spiro atoms. The van der Waals surface area contributed by atoms with E-state index in [0.717, 1.165) is 25.0 Å². The fourth-order valence-electron chi connectivity index (χ4n) is 4.29. The number of imidazole rings is 1. The monoisotopic (exact) mass is 479 g/mol. The van der Waals surface area contributed by atoms with Gasteiger partial charge in [0.25, 0.3) is 5.91 Å². The number of nitrogens with one attached hydrogen (secondary N) is 3. The zero-order valence-electron chi connectivity index (χ0n) is 20.7. The minimum Gasteiger partial charge on any atom is -0.356 e. The van der Waals surface area contributed by atoms with Crippen molar-refractivity contribution in [2.45, 2.75) is 31.6 Å². The number of hydrogen-bond acceptors (Lipinski definition) is 3. The number of carbonyl (C=O) groups excluding carboxylic acids is 1. The van der Waals surface area contributed by atoms with Gasteiger partial charge in [0.05, 0.1) is 12.0 Å². The summed E-state index contributed by atoms with van der Waals surface area (Å²) in [5.41, 5.74) is 3.92. The molecule has 1 aromatic heterocycles. The van der Waals surface area contributed by atoms with Crippen LogP contribution < -0.4 is 10.6 Å². The summed E-state index contributed by atoms with van der Waals surface area (Å²) in [6.07, 6.45) is 6.07. The van der Waals surface area contributed by atoms with E-state index in [9.17, 15) is 4.79 Å². The Morgan fingerprint density at radius 2 is 1.53 bits per heavy atom. The molecule has 1 amide bonds. The summed E-state index contributed by atoms with van der Waals surface area (Å²) in [7, 11) is 0. The van der Waals surface area contributed by atoms with Crippen molar-refractivity contribution < 1.29 is 4.79 Å². The largest absolute Gasteiger partial charge is 0.356 e. The number of aromatic nitrogens is 2. The van der Waals surface area contributed by atoms with E-state index < -0.39 is 0 Å². The second-order valence-electron chi connectivity index (χ2n) is 8.96. The Kier molecular flexibility index (Phi) is 8.65. The molecule has 0 saturated heterocycles. The van der Waals surface area contributed by atoms with Gasteiger partial charge < -0.3 is 10.3 Å². The van der Waals surface area contributed by atoms with Crippen molar-refractivity contribution >= 4 is 11.9 Å². The maximum Gasteiger partial charge on any atom is 0.257 e. The van der Waals surface area contributed by atoms with Crippen LogP contribution in [-0.2, 0) is 11.8 Å². The van der Waals surface area contributed by atoms with Crippen LogP contribution in [0.15, 0.2) is 109 Å². The van der Waals surface area contributed by atoms with E-state index in [1.165, 1.54) is 11.1 Å². The molecule has 1 heterocycles. The van der Waals surface area contributed by atoms with Crippen molar-refractivity contribution in [3.05, 3.63) is 126 Å². The van der Waals surface area contributed by atoms with Crippen LogP contribution in [0.5, 0.6) is 0 Å². The maximum atomic E-state index is 12.8. The maximum absolute atomic E-state index is 12.8. The standard InChI is InChI=1S/C30H33N5O/c1-30(25-14-7-3-8-15-25,26-16-9-4-10-17-26)19-21-33-29(32-20-11-18-27-22-31-23-34-27)35-28(36)24-12-5-2-6-13-24/h2-10,12-17,22-23H,11,18-21H2,1H3,(H,31,34)(H2,32,33,35,36). The quantitative estimate of drug-likeness (QED) is 0.168. The molecule has 4 rings (SSSR count). The highest BCUT2D eigenvalue weighted by Crippen LogP contribution is 2.34. The molecule has 36 heavy (non-hydrogen) atoms. The van der Waals surface area contributed by atoms with E-state index in [0.29, 0.717) is 24.6 Å². The van der Waals surface area contributed by atoms with E-state index in [-0.39, 0.29) is 11.3 Å². The summed E-state index contributed by atoms with van der Waals surface area (Å²) in [5.74, 6) is 0.317. The molecule has 6 heteroatoms. The van der Waals surface area contributed by atoms with Crippen LogP contribution in [0.2, 0.25) is 0 Å². The summed E-state index contributed by atoms with van der Waals surface area (Å²) in [6, 6.07) is 30.3. The lowest BCUT2D eigenvalue weighted by Gasteiger charge is -2.31. The first-order valence-electron chi connectivity index (χ1n) is 12.4. The van der Waals surface area contributed by atoms with Crippen molar-refractivity contribution in [1.82, 2.24) is 20.6 Å². The zero-order valence-corrected chi connectivity index (χ0v) is 20.7. The summed E-state index contributed by atoms with van der Waals surface area (Å²) in [5, 5.41) is 6.38. The van der Waals surface area contributed by atoms with Gasteiger partial charge in [0.1, 0.15) is 0 Å². The minimum absolute atomic E-state index is 0.178.